The first-order valence-electron chi connectivity index (χ1n) is 15.2. The molecule has 1 heteroatoms. The third-order valence-corrected chi connectivity index (χ3v) is 8.63. The highest BCUT2D eigenvalue weighted by Gasteiger charge is 2.13. The molecule has 1 nitrogen and oxygen atoms in total. The second kappa shape index (κ2) is 11.2. The third-order valence-electron chi connectivity index (χ3n) is 8.63. The fourth-order valence-corrected chi connectivity index (χ4v) is 6.41. The SMILES string of the molecule is c1ccc(-c2cccc(Cc3ccc(-c4ccc(-c5ccc6c(c5)c5ccccc5n6-c5ccccc5)cc4)cc3)c2)cc1. The number of rotatable bonds is 6. The maximum atomic E-state index is 2.36. The zero-order valence-corrected chi connectivity index (χ0v) is 24.4. The maximum Gasteiger partial charge on any atom is 0.0541 e. The Kier molecular flexibility index (Phi) is 6.62. The minimum absolute atomic E-state index is 0.920. The van der Waals surface area contributed by atoms with E-state index in [0.29, 0.717) is 0 Å². The first-order valence-corrected chi connectivity index (χ1v) is 15.2. The van der Waals surface area contributed by atoms with Crippen LogP contribution in [0.2, 0.25) is 0 Å². The second-order valence-corrected chi connectivity index (χ2v) is 11.4. The predicted molar refractivity (Wildman–Crippen MR) is 186 cm³/mol. The van der Waals surface area contributed by atoms with Crippen molar-refractivity contribution in [2.24, 2.45) is 0 Å². The number of nitrogens with zero attached hydrogens (tertiary/aromatic N) is 1. The molecule has 44 heavy (non-hydrogen) atoms. The molecule has 0 aliphatic carbocycles. The number of aromatic nitrogens is 1. The topological polar surface area (TPSA) is 4.93 Å². The summed E-state index contributed by atoms with van der Waals surface area (Å²) >= 11 is 0. The van der Waals surface area contributed by atoms with Gasteiger partial charge < -0.3 is 4.57 Å². The first kappa shape index (κ1) is 26.0. The van der Waals surface area contributed by atoms with E-state index in [1.54, 1.807) is 0 Å². The molecule has 1 aromatic heterocycles. The lowest BCUT2D eigenvalue weighted by Crippen LogP contribution is -1.92. The van der Waals surface area contributed by atoms with Crippen molar-refractivity contribution in [2.45, 2.75) is 6.42 Å². The Hall–Kier alpha value is -5.66. The van der Waals surface area contributed by atoms with E-state index in [4.69, 9.17) is 0 Å². The minimum Gasteiger partial charge on any atom is -0.309 e. The normalized spacial score (nSPS) is 11.3. The average molecular weight is 562 g/mol. The zero-order valence-electron chi connectivity index (χ0n) is 24.4. The average Bonchev–Trinajstić information content (AvgIpc) is 3.43. The molecule has 0 saturated carbocycles. The number of hydrogen-bond acceptors (Lipinski definition) is 0. The molecule has 0 aliphatic rings. The van der Waals surface area contributed by atoms with E-state index in [-0.39, 0.29) is 0 Å². The standard InChI is InChI=1S/C43H31N/c1-3-11-33(12-4-1)37-13-9-10-32(29-37)28-31-18-20-34(21-19-31)35-22-24-36(25-23-35)38-26-27-43-41(30-38)40-16-7-8-17-42(40)44(43)39-14-5-2-6-15-39/h1-27,29-30H,28H2. The van der Waals surface area contributed by atoms with Crippen molar-refractivity contribution < 1.29 is 0 Å². The maximum absolute atomic E-state index is 2.36. The molecule has 0 atom stereocenters. The van der Waals surface area contributed by atoms with Crippen LogP contribution >= 0.6 is 0 Å². The summed E-state index contributed by atoms with van der Waals surface area (Å²) < 4.78 is 2.36. The van der Waals surface area contributed by atoms with Gasteiger partial charge in [0.25, 0.3) is 0 Å². The number of benzene rings is 7. The van der Waals surface area contributed by atoms with E-state index in [0.717, 1.165) is 6.42 Å². The fraction of sp³-hybridized carbons (Fsp3) is 0.0233. The van der Waals surface area contributed by atoms with E-state index in [1.165, 1.54) is 72.0 Å². The van der Waals surface area contributed by atoms with Crippen LogP contribution in [0.25, 0.3) is 60.9 Å². The van der Waals surface area contributed by atoms with Crippen molar-refractivity contribution in [3.05, 3.63) is 187 Å². The van der Waals surface area contributed by atoms with E-state index in [2.05, 4.69) is 180 Å². The highest BCUT2D eigenvalue weighted by atomic mass is 15.0. The molecule has 0 aliphatic heterocycles. The Bertz CT molecular complexity index is 2210. The molecule has 0 amide bonds. The van der Waals surface area contributed by atoms with Gasteiger partial charge in [-0.3, -0.25) is 0 Å². The van der Waals surface area contributed by atoms with Crippen molar-refractivity contribution in [1.29, 1.82) is 0 Å². The van der Waals surface area contributed by atoms with Crippen molar-refractivity contribution in [3.63, 3.8) is 0 Å². The zero-order chi connectivity index (χ0) is 29.3. The quantitative estimate of drug-likeness (QED) is 0.190. The van der Waals surface area contributed by atoms with Gasteiger partial charge in [-0.25, -0.2) is 0 Å². The molecule has 8 aromatic rings. The van der Waals surface area contributed by atoms with Gasteiger partial charge in [0, 0.05) is 16.5 Å². The monoisotopic (exact) mass is 561 g/mol. The lowest BCUT2D eigenvalue weighted by atomic mass is 9.96. The highest BCUT2D eigenvalue weighted by molar-refractivity contribution is 6.10. The predicted octanol–water partition coefficient (Wildman–Crippen LogP) is 11.4. The van der Waals surface area contributed by atoms with Gasteiger partial charge in [0.1, 0.15) is 0 Å². The van der Waals surface area contributed by atoms with Crippen LogP contribution in [-0.2, 0) is 6.42 Å². The van der Waals surface area contributed by atoms with Crippen molar-refractivity contribution in [2.75, 3.05) is 0 Å². The van der Waals surface area contributed by atoms with Crippen molar-refractivity contribution in [1.82, 2.24) is 4.57 Å². The van der Waals surface area contributed by atoms with Gasteiger partial charge in [0.15, 0.2) is 0 Å². The summed E-state index contributed by atoms with van der Waals surface area (Å²) in [4.78, 5) is 0. The van der Waals surface area contributed by atoms with Gasteiger partial charge in [-0.1, -0.05) is 146 Å². The fourth-order valence-electron chi connectivity index (χ4n) is 6.41. The van der Waals surface area contributed by atoms with Crippen LogP contribution in [0.1, 0.15) is 11.1 Å². The summed E-state index contributed by atoms with van der Waals surface area (Å²) in [6, 6.07) is 63.6. The Morgan fingerprint density at radius 3 is 1.59 bits per heavy atom. The summed E-state index contributed by atoms with van der Waals surface area (Å²) in [5.74, 6) is 0. The molecule has 1 heterocycles. The van der Waals surface area contributed by atoms with E-state index in [9.17, 15) is 0 Å². The molecular formula is C43H31N. The Morgan fingerprint density at radius 2 is 0.841 bits per heavy atom. The van der Waals surface area contributed by atoms with E-state index >= 15 is 0 Å². The van der Waals surface area contributed by atoms with Crippen LogP contribution < -0.4 is 0 Å². The molecule has 0 bridgehead atoms. The van der Waals surface area contributed by atoms with Crippen LogP contribution in [-0.4, -0.2) is 4.57 Å². The van der Waals surface area contributed by atoms with Gasteiger partial charge in [0.05, 0.1) is 11.0 Å². The third kappa shape index (κ3) is 4.89. The summed E-state index contributed by atoms with van der Waals surface area (Å²) in [5, 5.41) is 2.55. The van der Waals surface area contributed by atoms with Gasteiger partial charge in [0.2, 0.25) is 0 Å². The van der Waals surface area contributed by atoms with E-state index in [1.807, 2.05) is 0 Å². The number of fused-ring (bicyclic) bond motifs is 3. The Labute approximate surface area is 258 Å². The highest BCUT2D eigenvalue weighted by Crippen LogP contribution is 2.35. The largest absolute Gasteiger partial charge is 0.309 e. The van der Waals surface area contributed by atoms with Gasteiger partial charge in [-0.2, -0.15) is 0 Å². The van der Waals surface area contributed by atoms with Crippen molar-refractivity contribution in [3.8, 4) is 39.1 Å². The summed E-state index contributed by atoms with van der Waals surface area (Å²) in [6.45, 7) is 0. The smallest absolute Gasteiger partial charge is 0.0541 e. The van der Waals surface area contributed by atoms with Gasteiger partial charge in [-0.05, 0) is 81.3 Å². The number of para-hydroxylation sites is 2. The molecule has 0 unspecified atom stereocenters. The van der Waals surface area contributed by atoms with Crippen molar-refractivity contribution >= 4 is 21.8 Å². The molecule has 7 aromatic carbocycles. The first-order chi connectivity index (χ1) is 21.8. The summed E-state index contributed by atoms with van der Waals surface area (Å²) in [7, 11) is 0. The number of hydrogen-bond donors (Lipinski definition) is 0. The molecule has 0 fully saturated rings. The Morgan fingerprint density at radius 1 is 0.318 bits per heavy atom. The lowest BCUT2D eigenvalue weighted by Gasteiger charge is -2.09. The van der Waals surface area contributed by atoms with Crippen LogP contribution in [0.3, 0.4) is 0 Å². The van der Waals surface area contributed by atoms with Gasteiger partial charge in [-0.15, -0.1) is 0 Å². The molecule has 0 saturated heterocycles. The molecule has 0 spiro atoms. The van der Waals surface area contributed by atoms with Crippen LogP contribution in [0.5, 0.6) is 0 Å². The molecular weight excluding hydrogens is 530 g/mol. The van der Waals surface area contributed by atoms with Crippen LogP contribution in [0.15, 0.2) is 176 Å². The lowest BCUT2D eigenvalue weighted by molar-refractivity contribution is 1.18. The van der Waals surface area contributed by atoms with Gasteiger partial charge >= 0.3 is 0 Å². The van der Waals surface area contributed by atoms with E-state index < -0.39 is 0 Å². The van der Waals surface area contributed by atoms with Crippen LogP contribution in [0, 0.1) is 0 Å². The minimum atomic E-state index is 0.920. The van der Waals surface area contributed by atoms with Crippen LogP contribution in [0.4, 0.5) is 0 Å². The molecule has 0 N–H and O–H groups in total. The molecule has 0 radical (unpaired) electrons. The summed E-state index contributed by atoms with van der Waals surface area (Å²) in [5.41, 5.74) is 13.7. The molecule has 208 valence electrons. The second-order valence-electron chi connectivity index (χ2n) is 11.4. The summed E-state index contributed by atoms with van der Waals surface area (Å²) in [6.07, 6.45) is 0.920. The Balaban J connectivity index is 1.05. The molecule has 8 rings (SSSR count).